The molecule has 0 nitrogen and oxygen atoms in total. The summed E-state index contributed by atoms with van der Waals surface area (Å²) in [6.45, 7) is 8.89. The zero-order valence-electron chi connectivity index (χ0n) is 11.5. The van der Waals surface area contributed by atoms with Gasteiger partial charge in [0.1, 0.15) is 0 Å². The summed E-state index contributed by atoms with van der Waals surface area (Å²) in [6, 6.07) is 15.0. The van der Waals surface area contributed by atoms with Crippen LogP contribution in [-0.2, 0) is 5.41 Å². The second-order valence-electron chi connectivity index (χ2n) is 5.80. The third-order valence-corrected chi connectivity index (χ3v) is 3.69. The Kier molecular flexibility index (Phi) is 3.54. The van der Waals surface area contributed by atoms with Crippen LogP contribution in [0.4, 0.5) is 0 Å². The molecule has 0 amide bonds. The zero-order chi connectivity index (χ0) is 13.3. The van der Waals surface area contributed by atoms with Crippen LogP contribution in [-0.4, -0.2) is 0 Å². The summed E-state index contributed by atoms with van der Waals surface area (Å²) in [7, 11) is 0. The van der Waals surface area contributed by atoms with Crippen molar-refractivity contribution in [1.82, 2.24) is 0 Å². The van der Waals surface area contributed by atoms with E-state index in [2.05, 4.69) is 70.7 Å². The van der Waals surface area contributed by atoms with Crippen molar-refractivity contribution in [2.24, 2.45) is 0 Å². The molecular formula is C17H20S. The molecule has 0 radical (unpaired) electrons. The molecule has 0 saturated heterocycles. The summed E-state index contributed by atoms with van der Waals surface area (Å²) in [5.74, 6) is 0. The highest BCUT2D eigenvalue weighted by molar-refractivity contribution is 7.80. The monoisotopic (exact) mass is 256 g/mol. The fourth-order valence-electron chi connectivity index (χ4n) is 2.08. The highest BCUT2D eigenvalue weighted by atomic mass is 32.1. The third kappa shape index (κ3) is 2.62. The van der Waals surface area contributed by atoms with E-state index in [1.807, 2.05) is 12.1 Å². The lowest BCUT2D eigenvalue weighted by molar-refractivity contribution is 0.590. The van der Waals surface area contributed by atoms with Crippen molar-refractivity contribution < 1.29 is 0 Å². The topological polar surface area (TPSA) is 0 Å². The highest BCUT2D eigenvalue weighted by Crippen LogP contribution is 2.33. The summed E-state index contributed by atoms with van der Waals surface area (Å²) < 4.78 is 0. The minimum Gasteiger partial charge on any atom is -0.143 e. The Labute approximate surface area is 115 Å². The highest BCUT2D eigenvalue weighted by Gasteiger charge is 2.15. The smallest absolute Gasteiger partial charge is 0.0119 e. The maximum Gasteiger partial charge on any atom is 0.0119 e. The quantitative estimate of drug-likeness (QED) is 0.662. The molecule has 1 heteroatoms. The first-order chi connectivity index (χ1) is 8.39. The van der Waals surface area contributed by atoms with Crippen LogP contribution >= 0.6 is 12.6 Å². The van der Waals surface area contributed by atoms with Gasteiger partial charge in [0, 0.05) is 4.90 Å². The summed E-state index contributed by atoms with van der Waals surface area (Å²) in [6.07, 6.45) is 0. The SMILES string of the molecule is Cc1ccc(C(C)(C)C)cc1-c1ccccc1S. The van der Waals surface area contributed by atoms with E-state index in [0.717, 1.165) is 4.90 Å². The Morgan fingerprint density at radius 3 is 2.17 bits per heavy atom. The van der Waals surface area contributed by atoms with Crippen LogP contribution in [0.1, 0.15) is 31.9 Å². The van der Waals surface area contributed by atoms with Crippen LogP contribution in [0, 0.1) is 6.92 Å². The predicted octanol–water partition coefficient (Wildman–Crippen LogP) is 5.25. The molecular weight excluding hydrogens is 236 g/mol. The van der Waals surface area contributed by atoms with E-state index in [0.29, 0.717) is 0 Å². The molecule has 0 atom stereocenters. The van der Waals surface area contributed by atoms with E-state index in [1.54, 1.807) is 0 Å². The normalized spacial score (nSPS) is 11.6. The number of rotatable bonds is 1. The standard InChI is InChI=1S/C17H20S/c1-12-9-10-13(17(2,3)4)11-15(12)14-7-5-6-8-16(14)18/h5-11,18H,1-4H3. The number of benzene rings is 2. The second kappa shape index (κ2) is 4.81. The van der Waals surface area contributed by atoms with Gasteiger partial charge in [0.2, 0.25) is 0 Å². The van der Waals surface area contributed by atoms with E-state index in [9.17, 15) is 0 Å². The van der Waals surface area contributed by atoms with Crippen LogP contribution in [0.5, 0.6) is 0 Å². The summed E-state index contributed by atoms with van der Waals surface area (Å²) in [4.78, 5) is 1.03. The number of thiol groups is 1. The lowest BCUT2D eigenvalue weighted by Gasteiger charge is -2.21. The van der Waals surface area contributed by atoms with Crippen molar-refractivity contribution in [2.75, 3.05) is 0 Å². The molecule has 18 heavy (non-hydrogen) atoms. The molecule has 0 spiro atoms. The van der Waals surface area contributed by atoms with Crippen molar-refractivity contribution in [3.8, 4) is 11.1 Å². The molecule has 2 aromatic rings. The summed E-state index contributed by atoms with van der Waals surface area (Å²) >= 11 is 4.56. The Hall–Kier alpha value is -1.21. The minimum atomic E-state index is 0.175. The van der Waals surface area contributed by atoms with Crippen molar-refractivity contribution in [3.63, 3.8) is 0 Å². The fourth-order valence-corrected chi connectivity index (χ4v) is 2.36. The van der Waals surface area contributed by atoms with Crippen molar-refractivity contribution in [1.29, 1.82) is 0 Å². The minimum absolute atomic E-state index is 0.175. The van der Waals surface area contributed by atoms with Gasteiger partial charge >= 0.3 is 0 Å². The van der Waals surface area contributed by atoms with E-state index in [4.69, 9.17) is 0 Å². The molecule has 0 aliphatic rings. The van der Waals surface area contributed by atoms with E-state index < -0.39 is 0 Å². The van der Waals surface area contributed by atoms with Gasteiger partial charge in [-0.2, -0.15) is 0 Å². The number of hydrogen-bond acceptors (Lipinski definition) is 1. The van der Waals surface area contributed by atoms with Crippen LogP contribution in [0.15, 0.2) is 47.4 Å². The Balaban J connectivity index is 2.61. The first-order valence-electron chi connectivity index (χ1n) is 6.29. The zero-order valence-corrected chi connectivity index (χ0v) is 12.4. The molecule has 0 aliphatic heterocycles. The summed E-state index contributed by atoms with van der Waals surface area (Å²) in [5, 5.41) is 0. The molecule has 2 rings (SSSR count). The van der Waals surface area contributed by atoms with Crippen LogP contribution in [0.2, 0.25) is 0 Å². The Morgan fingerprint density at radius 1 is 0.889 bits per heavy atom. The largest absolute Gasteiger partial charge is 0.143 e. The fraction of sp³-hybridized carbons (Fsp3) is 0.294. The van der Waals surface area contributed by atoms with Gasteiger partial charge < -0.3 is 0 Å². The predicted molar refractivity (Wildman–Crippen MR) is 82.6 cm³/mol. The van der Waals surface area contributed by atoms with Gasteiger partial charge in [0.15, 0.2) is 0 Å². The average molecular weight is 256 g/mol. The third-order valence-electron chi connectivity index (χ3n) is 3.30. The lowest BCUT2D eigenvalue weighted by atomic mass is 9.84. The maximum atomic E-state index is 4.56. The van der Waals surface area contributed by atoms with Crippen LogP contribution < -0.4 is 0 Å². The molecule has 0 unspecified atom stereocenters. The van der Waals surface area contributed by atoms with Gasteiger partial charge in [-0.15, -0.1) is 12.6 Å². The van der Waals surface area contributed by atoms with Crippen molar-refractivity contribution in [3.05, 3.63) is 53.6 Å². The van der Waals surface area contributed by atoms with Crippen LogP contribution in [0.25, 0.3) is 11.1 Å². The summed E-state index contributed by atoms with van der Waals surface area (Å²) in [5.41, 5.74) is 5.33. The average Bonchev–Trinajstić information content (AvgIpc) is 2.29. The number of aryl methyl sites for hydroxylation is 1. The van der Waals surface area contributed by atoms with Gasteiger partial charge in [0.05, 0.1) is 0 Å². The molecule has 2 aromatic carbocycles. The second-order valence-corrected chi connectivity index (χ2v) is 6.28. The molecule has 0 aliphatic carbocycles. The van der Waals surface area contributed by atoms with Gasteiger partial charge in [0.25, 0.3) is 0 Å². The Morgan fingerprint density at radius 2 is 1.56 bits per heavy atom. The first kappa shape index (κ1) is 13.2. The maximum absolute atomic E-state index is 4.56. The van der Waals surface area contributed by atoms with Crippen molar-refractivity contribution >= 4 is 12.6 Å². The van der Waals surface area contributed by atoms with Gasteiger partial charge in [-0.25, -0.2) is 0 Å². The molecule has 0 saturated carbocycles. The molecule has 0 aromatic heterocycles. The van der Waals surface area contributed by atoms with Crippen molar-refractivity contribution in [2.45, 2.75) is 38.0 Å². The van der Waals surface area contributed by atoms with Gasteiger partial charge in [-0.1, -0.05) is 57.2 Å². The molecule has 0 heterocycles. The van der Waals surface area contributed by atoms with E-state index in [1.165, 1.54) is 22.3 Å². The molecule has 0 N–H and O–H groups in total. The first-order valence-corrected chi connectivity index (χ1v) is 6.74. The molecule has 94 valence electrons. The Bertz CT molecular complexity index is 562. The van der Waals surface area contributed by atoms with Crippen LogP contribution in [0.3, 0.4) is 0 Å². The van der Waals surface area contributed by atoms with Gasteiger partial charge in [-0.3, -0.25) is 0 Å². The molecule has 0 fully saturated rings. The number of hydrogen-bond donors (Lipinski definition) is 1. The lowest BCUT2D eigenvalue weighted by Crippen LogP contribution is -2.11. The molecule has 0 bridgehead atoms. The van der Waals surface area contributed by atoms with Gasteiger partial charge in [-0.05, 0) is 40.7 Å². The van der Waals surface area contributed by atoms with E-state index in [-0.39, 0.29) is 5.41 Å². The van der Waals surface area contributed by atoms with E-state index >= 15 is 0 Å².